The van der Waals surface area contributed by atoms with E-state index in [1.54, 1.807) is 0 Å². The Morgan fingerprint density at radius 1 is 1.44 bits per heavy atom. The summed E-state index contributed by atoms with van der Waals surface area (Å²) in [4.78, 5) is 6.91. The Hall–Kier alpha value is -1.13. The summed E-state index contributed by atoms with van der Waals surface area (Å²) in [5.41, 5.74) is 1.22. The summed E-state index contributed by atoms with van der Waals surface area (Å²) in [6.07, 6.45) is 2.24. The summed E-state index contributed by atoms with van der Waals surface area (Å²) in [6, 6.07) is 4.99. The van der Waals surface area contributed by atoms with Gasteiger partial charge in [0.1, 0.15) is 5.82 Å². The molecule has 3 unspecified atom stereocenters. The molecule has 0 saturated carbocycles. The fourth-order valence-corrected chi connectivity index (χ4v) is 2.21. The van der Waals surface area contributed by atoms with E-state index in [0.717, 1.165) is 19.0 Å². The minimum atomic E-state index is 0.277. The SMILES string of the molecule is CNC(C)c1ccc(N2CC(C)OCC2C)nc1. The lowest BCUT2D eigenvalue weighted by atomic mass is 10.1. The van der Waals surface area contributed by atoms with E-state index in [1.807, 2.05) is 13.2 Å². The number of rotatable bonds is 3. The molecule has 0 bridgehead atoms. The fourth-order valence-electron chi connectivity index (χ4n) is 2.21. The zero-order chi connectivity index (χ0) is 13.1. The van der Waals surface area contributed by atoms with Gasteiger partial charge < -0.3 is 15.0 Å². The standard InChI is InChI=1S/C14H23N3O/c1-10-9-18-11(2)8-17(10)14-6-5-13(7-16-14)12(3)15-4/h5-7,10-12,15H,8-9H2,1-4H3. The lowest BCUT2D eigenvalue weighted by Gasteiger charge is -2.37. The van der Waals surface area contributed by atoms with Crippen molar-refractivity contribution in [3.63, 3.8) is 0 Å². The molecule has 0 radical (unpaired) electrons. The molecular formula is C14H23N3O. The average molecular weight is 249 g/mol. The molecule has 100 valence electrons. The van der Waals surface area contributed by atoms with Crippen LogP contribution in [-0.4, -0.2) is 37.3 Å². The average Bonchev–Trinajstić information content (AvgIpc) is 2.41. The Bertz CT molecular complexity index is 379. The number of ether oxygens (including phenoxy) is 1. The van der Waals surface area contributed by atoms with E-state index in [1.165, 1.54) is 5.56 Å². The minimum Gasteiger partial charge on any atom is -0.375 e. The third-order valence-corrected chi connectivity index (χ3v) is 3.61. The molecule has 0 amide bonds. The minimum absolute atomic E-state index is 0.277. The van der Waals surface area contributed by atoms with E-state index in [-0.39, 0.29) is 6.10 Å². The Balaban J connectivity index is 2.13. The second-order valence-electron chi connectivity index (χ2n) is 5.11. The van der Waals surface area contributed by atoms with Gasteiger partial charge in [-0.05, 0) is 39.4 Å². The topological polar surface area (TPSA) is 37.4 Å². The van der Waals surface area contributed by atoms with Crippen LogP contribution in [0.3, 0.4) is 0 Å². The maximum Gasteiger partial charge on any atom is 0.128 e. The van der Waals surface area contributed by atoms with Crippen LogP contribution in [0.4, 0.5) is 5.82 Å². The Morgan fingerprint density at radius 3 is 2.83 bits per heavy atom. The van der Waals surface area contributed by atoms with Crippen molar-refractivity contribution in [1.82, 2.24) is 10.3 Å². The maximum atomic E-state index is 5.64. The maximum absolute atomic E-state index is 5.64. The van der Waals surface area contributed by atoms with E-state index in [4.69, 9.17) is 4.74 Å². The molecule has 4 nitrogen and oxygen atoms in total. The lowest BCUT2D eigenvalue weighted by Crippen LogP contribution is -2.47. The molecule has 1 N–H and O–H groups in total. The quantitative estimate of drug-likeness (QED) is 0.889. The third-order valence-electron chi connectivity index (χ3n) is 3.61. The van der Waals surface area contributed by atoms with Crippen LogP contribution in [0.5, 0.6) is 0 Å². The van der Waals surface area contributed by atoms with Gasteiger partial charge in [0.2, 0.25) is 0 Å². The summed E-state index contributed by atoms with van der Waals surface area (Å²) in [5.74, 6) is 1.05. The van der Waals surface area contributed by atoms with E-state index < -0.39 is 0 Å². The van der Waals surface area contributed by atoms with Gasteiger partial charge in [-0.3, -0.25) is 0 Å². The second kappa shape index (κ2) is 5.67. The molecule has 0 aliphatic carbocycles. The first kappa shape index (κ1) is 13.3. The number of hydrogen-bond acceptors (Lipinski definition) is 4. The van der Waals surface area contributed by atoms with Gasteiger partial charge in [0, 0.05) is 18.8 Å². The van der Waals surface area contributed by atoms with Crippen molar-refractivity contribution in [1.29, 1.82) is 0 Å². The number of pyridine rings is 1. The van der Waals surface area contributed by atoms with Crippen LogP contribution >= 0.6 is 0 Å². The predicted octanol–water partition coefficient (Wildman–Crippen LogP) is 1.98. The molecule has 1 aliphatic rings. The molecular weight excluding hydrogens is 226 g/mol. The molecule has 1 saturated heterocycles. The summed E-state index contributed by atoms with van der Waals surface area (Å²) in [5, 5.41) is 3.22. The molecule has 1 fully saturated rings. The van der Waals surface area contributed by atoms with Gasteiger partial charge in [-0.25, -0.2) is 4.98 Å². The largest absolute Gasteiger partial charge is 0.375 e. The van der Waals surface area contributed by atoms with Crippen LogP contribution < -0.4 is 10.2 Å². The van der Waals surface area contributed by atoms with E-state index >= 15 is 0 Å². The third kappa shape index (κ3) is 2.82. The van der Waals surface area contributed by atoms with Crippen molar-refractivity contribution < 1.29 is 4.74 Å². The fraction of sp³-hybridized carbons (Fsp3) is 0.643. The Labute approximate surface area is 109 Å². The van der Waals surface area contributed by atoms with Gasteiger partial charge in [0.15, 0.2) is 0 Å². The number of anilines is 1. The van der Waals surface area contributed by atoms with Gasteiger partial charge in [-0.1, -0.05) is 6.07 Å². The Kier molecular flexibility index (Phi) is 4.19. The molecule has 2 heterocycles. The van der Waals surface area contributed by atoms with E-state index in [9.17, 15) is 0 Å². The van der Waals surface area contributed by atoms with Gasteiger partial charge >= 0.3 is 0 Å². The molecule has 18 heavy (non-hydrogen) atoms. The van der Waals surface area contributed by atoms with E-state index in [2.05, 4.69) is 48.1 Å². The first-order valence-electron chi connectivity index (χ1n) is 6.63. The number of morpholine rings is 1. The predicted molar refractivity (Wildman–Crippen MR) is 73.9 cm³/mol. The molecule has 4 heteroatoms. The second-order valence-corrected chi connectivity index (χ2v) is 5.11. The van der Waals surface area contributed by atoms with Gasteiger partial charge in [0.25, 0.3) is 0 Å². The van der Waals surface area contributed by atoms with Gasteiger partial charge in [-0.2, -0.15) is 0 Å². The van der Waals surface area contributed by atoms with Crippen molar-refractivity contribution in [3.8, 4) is 0 Å². The lowest BCUT2D eigenvalue weighted by molar-refractivity contribution is 0.0340. The van der Waals surface area contributed by atoms with Crippen molar-refractivity contribution in [2.24, 2.45) is 0 Å². The smallest absolute Gasteiger partial charge is 0.128 e. The molecule has 3 atom stereocenters. The van der Waals surface area contributed by atoms with Crippen molar-refractivity contribution in [3.05, 3.63) is 23.9 Å². The summed E-state index contributed by atoms with van der Waals surface area (Å²) in [7, 11) is 1.96. The number of hydrogen-bond donors (Lipinski definition) is 1. The van der Waals surface area contributed by atoms with Crippen molar-refractivity contribution in [2.45, 2.75) is 39.0 Å². The number of aromatic nitrogens is 1. The monoisotopic (exact) mass is 249 g/mol. The zero-order valence-electron chi connectivity index (χ0n) is 11.7. The van der Waals surface area contributed by atoms with Crippen molar-refractivity contribution in [2.75, 3.05) is 25.1 Å². The zero-order valence-corrected chi connectivity index (χ0v) is 11.7. The molecule has 0 aromatic carbocycles. The first-order valence-corrected chi connectivity index (χ1v) is 6.63. The normalized spacial score (nSPS) is 26.1. The summed E-state index contributed by atoms with van der Waals surface area (Å²) in [6.45, 7) is 8.11. The highest BCUT2D eigenvalue weighted by Crippen LogP contribution is 2.21. The van der Waals surface area contributed by atoms with Crippen LogP contribution in [0, 0.1) is 0 Å². The van der Waals surface area contributed by atoms with Crippen molar-refractivity contribution >= 4 is 5.82 Å². The van der Waals surface area contributed by atoms with Crippen LogP contribution in [-0.2, 0) is 4.74 Å². The molecule has 1 aromatic rings. The molecule has 1 aliphatic heterocycles. The van der Waals surface area contributed by atoms with Gasteiger partial charge in [-0.15, -0.1) is 0 Å². The molecule has 0 spiro atoms. The van der Waals surface area contributed by atoms with Crippen LogP contribution in [0.25, 0.3) is 0 Å². The Morgan fingerprint density at radius 2 is 2.22 bits per heavy atom. The number of nitrogens with one attached hydrogen (secondary N) is 1. The van der Waals surface area contributed by atoms with Gasteiger partial charge in [0.05, 0.1) is 18.8 Å². The summed E-state index contributed by atoms with van der Waals surface area (Å²) >= 11 is 0. The number of nitrogens with zero attached hydrogens (tertiary/aromatic N) is 2. The molecule has 2 rings (SSSR count). The highest BCUT2D eigenvalue weighted by molar-refractivity contribution is 5.41. The van der Waals surface area contributed by atoms with Crippen LogP contribution in [0.15, 0.2) is 18.3 Å². The highest BCUT2D eigenvalue weighted by Gasteiger charge is 2.24. The van der Waals surface area contributed by atoms with Crippen LogP contribution in [0.1, 0.15) is 32.4 Å². The first-order chi connectivity index (χ1) is 8.61. The van der Waals surface area contributed by atoms with E-state index in [0.29, 0.717) is 12.1 Å². The van der Waals surface area contributed by atoms with Crippen LogP contribution in [0.2, 0.25) is 0 Å². The molecule has 1 aromatic heterocycles. The summed E-state index contributed by atoms with van der Waals surface area (Å²) < 4.78 is 5.64. The highest BCUT2D eigenvalue weighted by atomic mass is 16.5.